The molecule has 0 fully saturated rings. The third-order valence-electron chi connectivity index (χ3n) is 3.74. The number of aliphatic hydroxyl groups is 1. The average molecular weight is 353 g/mol. The minimum atomic E-state index is -0.464. The lowest BCUT2D eigenvalue weighted by molar-refractivity contribution is -0.384. The fourth-order valence-electron chi connectivity index (χ4n) is 2.38. The Bertz CT molecular complexity index is 828. The zero-order valence-corrected chi connectivity index (χ0v) is 14.4. The molecule has 8 heteroatoms. The predicted octanol–water partition coefficient (Wildman–Crippen LogP) is 4.03. The molecule has 2 aromatic rings. The van der Waals surface area contributed by atoms with E-state index in [1.54, 1.807) is 0 Å². The number of aliphatic hydroxyl groups excluding tert-OH is 1. The summed E-state index contributed by atoms with van der Waals surface area (Å²) in [5.74, 6) is 0. The molecule has 0 saturated carbocycles. The van der Waals surface area contributed by atoms with Crippen LogP contribution in [0.5, 0.6) is 0 Å². The summed E-state index contributed by atoms with van der Waals surface area (Å²) in [7, 11) is 0. The van der Waals surface area contributed by atoms with E-state index in [-0.39, 0.29) is 12.3 Å². The van der Waals surface area contributed by atoms with Crippen LogP contribution in [0.3, 0.4) is 0 Å². The highest BCUT2D eigenvalue weighted by molar-refractivity contribution is 5.58. The second kappa shape index (κ2) is 9.25. The monoisotopic (exact) mass is 353 g/mol. The van der Waals surface area contributed by atoms with E-state index >= 15 is 0 Å². The van der Waals surface area contributed by atoms with Crippen molar-refractivity contribution >= 4 is 22.7 Å². The van der Waals surface area contributed by atoms with Gasteiger partial charge >= 0.3 is 0 Å². The first-order valence-corrected chi connectivity index (χ1v) is 8.04. The topological polar surface area (TPSA) is 115 Å². The lowest BCUT2D eigenvalue weighted by Crippen LogP contribution is -2.27. The molecule has 0 amide bonds. The highest BCUT2D eigenvalue weighted by Crippen LogP contribution is 2.27. The number of hydrogen-bond acceptors (Lipinski definition) is 7. The molecule has 8 nitrogen and oxygen atoms in total. The Morgan fingerprint density at radius 3 is 2.50 bits per heavy atom. The highest BCUT2D eigenvalue weighted by atomic mass is 16.6. The quantitative estimate of drug-likeness (QED) is 0.437. The molecule has 0 aliphatic rings. The third-order valence-corrected chi connectivity index (χ3v) is 3.74. The highest BCUT2D eigenvalue weighted by Gasteiger charge is 2.08. The Hall–Kier alpha value is -3.31. The van der Waals surface area contributed by atoms with Crippen molar-refractivity contribution in [3.05, 3.63) is 58.1 Å². The van der Waals surface area contributed by atoms with Gasteiger partial charge in [0.15, 0.2) is 0 Å². The number of aryl methyl sites for hydroxylation is 1. The fraction of sp³-hybridized carbons (Fsp3) is 0.278. The first-order chi connectivity index (χ1) is 12.5. The van der Waals surface area contributed by atoms with Gasteiger partial charge in [0.2, 0.25) is 0 Å². The van der Waals surface area contributed by atoms with Gasteiger partial charge in [0, 0.05) is 30.9 Å². The van der Waals surface area contributed by atoms with Crippen molar-refractivity contribution in [2.45, 2.75) is 13.3 Å². The molecular weight excluding hydrogens is 334 g/mol. The summed E-state index contributed by atoms with van der Waals surface area (Å²) in [6.45, 7) is 2.89. The largest absolute Gasteiger partial charge is 0.395 e. The van der Waals surface area contributed by atoms with Crippen LogP contribution in [0.15, 0.2) is 52.7 Å². The lowest BCUT2D eigenvalue weighted by atomic mass is 10.1. The Kier molecular flexibility index (Phi) is 6.76. The number of nitro benzene ring substituents is 1. The molecule has 0 spiro atoms. The van der Waals surface area contributed by atoms with Crippen LogP contribution in [-0.2, 0) is 0 Å². The molecule has 1 N–H and O–H groups in total. The van der Waals surface area contributed by atoms with E-state index in [2.05, 4.69) is 16.3 Å². The molecule has 0 aliphatic carbocycles. The first-order valence-electron chi connectivity index (χ1n) is 8.04. The number of hydrogen-bond donors (Lipinski definition) is 1. The number of anilines is 1. The van der Waals surface area contributed by atoms with E-state index in [1.165, 1.54) is 24.3 Å². The van der Waals surface area contributed by atoms with Crippen LogP contribution in [0.4, 0.5) is 22.7 Å². The summed E-state index contributed by atoms with van der Waals surface area (Å²) in [4.78, 5) is 12.1. The maximum atomic E-state index is 10.6. The van der Waals surface area contributed by atoms with Crippen LogP contribution in [0.25, 0.3) is 0 Å². The summed E-state index contributed by atoms with van der Waals surface area (Å²) in [6.07, 6.45) is 0.376. The van der Waals surface area contributed by atoms with Crippen molar-refractivity contribution in [3.63, 3.8) is 0 Å². The van der Waals surface area contributed by atoms with E-state index in [9.17, 15) is 15.2 Å². The van der Waals surface area contributed by atoms with Gasteiger partial charge in [0.05, 0.1) is 35.4 Å². The van der Waals surface area contributed by atoms with Crippen molar-refractivity contribution in [2.75, 3.05) is 24.6 Å². The molecule has 2 rings (SSSR count). The van der Waals surface area contributed by atoms with Crippen LogP contribution in [-0.4, -0.2) is 29.7 Å². The zero-order chi connectivity index (χ0) is 18.9. The van der Waals surface area contributed by atoms with E-state index < -0.39 is 4.92 Å². The molecule has 0 unspecified atom stereocenters. The Labute approximate surface area is 151 Å². The van der Waals surface area contributed by atoms with E-state index in [0.717, 1.165) is 11.3 Å². The number of non-ortho nitro benzene ring substituents is 1. The maximum absolute atomic E-state index is 10.6. The molecule has 26 heavy (non-hydrogen) atoms. The summed E-state index contributed by atoms with van der Waals surface area (Å²) in [6, 6.07) is 13.5. The van der Waals surface area contributed by atoms with Crippen molar-refractivity contribution in [1.82, 2.24) is 0 Å². The standard InChI is InChI=1S/C18H19N5O3/c1-14-13-17(22(11-12-24)10-2-9-19)7-8-18(14)21-20-15-3-5-16(6-4-15)23(25)26/h3-8,13,24H,2,10-12H2,1H3. The molecule has 2 aromatic carbocycles. The normalized spacial score (nSPS) is 10.7. The minimum absolute atomic E-state index is 0.00540. The van der Waals surface area contributed by atoms with Gasteiger partial charge in [-0.15, -0.1) is 0 Å². The van der Waals surface area contributed by atoms with Gasteiger partial charge in [-0.05, 0) is 42.8 Å². The van der Waals surface area contributed by atoms with Gasteiger partial charge in [-0.1, -0.05) is 0 Å². The van der Waals surface area contributed by atoms with E-state index in [0.29, 0.717) is 30.9 Å². The molecule has 134 valence electrons. The lowest BCUT2D eigenvalue weighted by Gasteiger charge is -2.23. The van der Waals surface area contributed by atoms with Crippen LogP contribution in [0.1, 0.15) is 12.0 Å². The van der Waals surface area contributed by atoms with E-state index in [1.807, 2.05) is 30.0 Å². The number of benzene rings is 2. The summed E-state index contributed by atoms with van der Waals surface area (Å²) < 4.78 is 0. The number of nitriles is 1. The third kappa shape index (κ3) is 5.09. The van der Waals surface area contributed by atoms with Crippen molar-refractivity contribution in [3.8, 4) is 6.07 Å². The van der Waals surface area contributed by atoms with Gasteiger partial charge < -0.3 is 10.0 Å². The zero-order valence-electron chi connectivity index (χ0n) is 14.4. The molecule has 0 aliphatic heterocycles. The molecule has 0 saturated heterocycles. The molecule has 0 radical (unpaired) electrons. The molecular formula is C18H19N5O3. The minimum Gasteiger partial charge on any atom is -0.395 e. The number of azo groups is 1. The van der Waals surface area contributed by atoms with Crippen LogP contribution in [0.2, 0.25) is 0 Å². The summed E-state index contributed by atoms with van der Waals surface area (Å²) >= 11 is 0. The average Bonchev–Trinajstić information content (AvgIpc) is 2.64. The number of nitrogens with zero attached hydrogens (tertiary/aromatic N) is 5. The fourth-order valence-corrected chi connectivity index (χ4v) is 2.38. The first kappa shape index (κ1) is 19.0. The Morgan fingerprint density at radius 2 is 1.92 bits per heavy atom. The van der Waals surface area contributed by atoms with Crippen LogP contribution < -0.4 is 4.90 Å². The predicted molar refractivity (Wildman–Crippen MR) is 98.0 cm³/mol. The van der Waals surface area contributed by atoms with Crippen molar-refractivity contribution in [2.24, 2.45) is 10.2 Å². The van der Waals surface area contributed by atoms with E-state index in [4.69, 9.17) is 5.26 Å². The van der Waals surface area contributed by atoms with Gasteiger partial charge in [0.1, 0.15) is 0 Å². The number of nitro groups is 1. The van der Waals surface area contributed by atoms with Gasteiger partial charge in [-0.25, -0.2) is 0 Å². The van der Waals surface area contributed by atoms with Gasteiger partial charge in [-0.3, -0.25) is 10.1 Å². The summed E-state index contributed by atoms with van der Waals surface area (Å²) in [5.41, 5.74) is 3.01. The van der Waals surface area contributed by atoms with Crippen molar-refractivity contribution in [1.29, 1.82) is 5.26 Å². The molecule has 0 bridgehead atoms. The molecule has 0 heterocycles. The maximum Gasteiger partial charge on any atom is 0.269 e. The second-order valence-corrected chi connectivity index (χ2v) is 5.56. The smallest absolute Gasteiger partial charge is 0.269 e. The SMILES string of the molecule is Cc1cc(N(CCO)CCC#N)ccc1N=Nc1ccc([N+](=O)[O-])cc1. The Balaban J connectivity index is 2.15. The summed E-state index contributed by atoms with van der Waals surface area (Å²) in [5, 5.41) is 36.9. The van der Waals surface area contributed by atoms with Crippen LogP contribution >= 0.6 is 0 Å². The van der Waals surface area contributed by atoms with Crippen LogP contribution in [0, 0.1) is 28.4 Å². The van der Waals surface area contributed by atoms with Gasteiger partial charge in [0.25, 0.3) is 5.69 Å². The molecule has 0 atom stereocenters. The number of rotatable bonds is 8. The van der Waals surface area contributed by atoms with Gasteiger partial charge in [-0.2, -0.15) is 15.5 Å². The molecule has 0 aromatic heterocycles. The second-order valence-electron chi connectivity index (χ2n) is 5.56. The Morgan fingerprint density at radius 1 is 1.19 bits per heavy atom. The van der Waals surface area contributed by atoms with Crippen molar-refractivity contribution < 1.29 is 10.0 Å².